The maximum atomic E-state index is 12.7. The molecule has 0 radical (unpaired) electrons. The van der Waals surface area contributed by atoms with Gasteiger partial charge in [-0.25, -0.2) is 9.59 Å². The number of carbonyl (C=O) groups is 3. The zero-order valence-electron chi connectivity index (χ0n) is 32.7. The van der Waals surface area contributed by atoms with Gasteiger partial charge in [-0.1, -0.05) is 52.2 Å². The number of carbonyl (C=O) groups excluding carboxylic acids is 3. The van der Waals surface area contributed by atoms with E-state index in [-0.39, 0.29) is 23.5 Å². The molecule has 0 aromatic carbocycles. The highest BCUT2D eigenvalue weighted by Crippen LogP contribution is 2.63. The lowest BCUT2D eigenvalue weighted by Crippen LogP contribution is -2.48. The van der Waals surface area contributed by atoms with Crippen LogP contribution in [0.25, 0.3) is 0 Å². The quantitative estimate of drug-likeness (QED) is 0.0979. The first kappa shape index (κ1) is 40.6. The van der Waals surface area contributed by atoms with E-state index in [1.807, 2.05) is 13.8 Å². The van der Waals surface area contributed by atoms with E-state index >= 15 is 0 Å². The number of fused-ring (bicyclic) bond motifs is 5. The highest BCUT2D eigenvalue weighted by Gasteiger charge is 2.54. The van der Waals surface area contributed by atoms with E-state index in [9.17, 15) is 14.4 Å². The average molecular weight is 701 g/mol. The SMILES string of the molecule is CC(C)C(CCCC(C)(C)OC(=O)[C@H](C)NC(=O)[C@H](C)N)CC[C@@H](C)[C@H]1CC[C@@H]2C1CC[C@H]1[C@H]2CC=C2C[C@@H](OC(=O)NCCN)CC[C@@]21C. The van der Waals surface area contributed by atoms with Gasteiger partial charge in [-0.2, -0.15) is 0 Å². The number of hydrogen-bond donors (Lipinski definition) is 4. The molecule has 9 nitrogen and oxygen atoms in total. The van der Waals surface area contributed by atoms with Crippen LogP contribution in [0.5, 0.6) is 0 Å². The van der Waals surface area contributed by atoms with Crippen molar-refractivity contribution in [2.75, 3.05) is 13.1 Å². The van der Waals surface area contributed by atoms with Gasteiger partial charge in [0.05, 0.1) is 6.04 Å². The van der Waals surface area contributed by atoms with Gasteiger partial charge in [-0.3, -0.25) is 4.79 Å². The van der Waals surface area contributed by atoms with Gasteiger partial charge in [0, 0.05) is 19.5 Å². The molecule has 9 heteroatoms. The Balaban J connectivity index is 1.25. The summed E-state index contributed by atoms with van der Waals surface area (Å²) >= 11 is 0. The molecule has 50 heavy (non-hydrogen) atoms. The molecule has 6 N–H and O–H groups in total. The Morgan fingerprint density at radius 3 is 2.38 bits per heavy atom. The third-order valence-corrected chi connectivity index (χ3v) is 13.6. The minimum atomic E-state index is -0.721. The summed E-state index contributed by atoms with van der Waals surface area (Å²) in [6.07, 6.45) is 17.4. The third-order valence-electron chi connectivity index (χ3n) is 13.6. The molecule has 0 aromatic rings. The number of nitrogens with two attached hydrogens (primary N) is 2. The van der Waals surface area contributed by atoms with Crippen molar-refractivity contribution in [2.45, 2.75) is 163 Å². The lowest BCUT2D eigenvalue weighted by Gasteiger charge is -2.55. The van der Waals surface area contributed by atoms with E-state index in [2.05, 4.69) is 44.4 Å². The first-order valence-corrected chi connectivity index (χ1v) is 20.2. The Morgan fingerprint density at radius 1 is 0.980 bits per heavy atom. The van der Waals surface area contributed by atoms with Gasteiger partial charge in [0.25, 0.3) is 0 Å². The predicted octanol–water partition coefficient (Wildman–Crippen LogP) is 7.26. The summed E-state index contributed by atoms with van der Waals surface area (Å²) in [4.78, 5) is 36.8. The fourth-order valence-electron chi connectivity index (χ4n) is 10.6. The summed E-state index contributed by atoms with van der Waals surface area (Å²) in [6.45, 7) is 17.8. The molecule has 11 atom stereocenters. The van der Waals surface area contributed by atoms with Gasteiger partial charge in [-0.05, 0) is 145 Å². The van der Waals surface area contributed by atoms with Crippen LogP contribution in [0.4, 0.5) is 4.79 Å². The molecule has 3 saturated carbocycles. The van der Waals surface area contributed by atoms with Gasteiger partial charge >= 0.3 is 12.1 Å². The van der Waals surface area contributed by atoms with Crippen LogP contribution in [-0.2, 0) is 19.1 Å². The number of ether oxygens (including phenoxy) is 2. The fraction of sp³-hybridized carbons (Fsp3) is 0.878. The monoisotopic (exact) mass is 701 g/mol. The van der Waals surface area contributed by atoms with Crippen LogP contribution < -0.4 is 22.1 Å². The minimum absolute atomic E-state index is 0.0227. The lowest BCUT2D eigenvalue weighted by molar-refractivity contribution is -0.160. The number of esters is 1. The van der Waals surface area contributed by atoms with Crippen LogP contribution in [0.2, 0.25) is 0 Å². The van der Waals surface area contributed by atoms with Crippen LogP contribution in [0.1, 0.15) is 139 Å². The molecule has 3 fully saturated rings. The summed E-state index contributed by atoms with van der Waals surface area (Å²) in [5.74, 6) is 5.38. The summed E-state index contributed by atoms with van der Waals surface area (Å²) < 4.78 is 11.6. The van der Waals surface area contributed by atoms with Crippen molar-refractivity contribution in [1.82, 2.24) is 10.6 Å². The van der Waals surface area contributed by atoms with Crippen LogP contribution in [0.3, 0.4) is 0 Å². The highest BCUT2D eigenvalue weighted by atomic mass is 16.6. The largest absolute Gasteiger partial charge is 0.458 e. The van der Waals surface area contributed by atoms with Crippen LogP contribution in [0, 0.1) is 52.8 Å². The normalized spacial score (nSPS) is 31.6. The van der Waals surface area contributed by atoms with Gasteiger partial charge in [-0.15, -0.1) is 0 Å². The van der Waals surface area contributed by atoms with Crippen LogP contribution >= 0.6 is 0 Å². The molecule has 2 unspecified atom stereocenters. The van der Waals surface area contributed by atoms with E-state index in [0.717, 1.165) is 74.0 Å². The van der Waals surface area contributed by atoms with E-state index in [1.165, 1.54) is 44.9 Å². The number of nitrogens with one attached hydrogen (secondary N) is 2. The molecule has 4 rings (SSSR count). The Morgan fingerprint density at radius 2 is 1.70 bits per heavy atom. The second-order valence-electron chi connectivity index (χ2n) is 17.9. The van der Waals surface area contributed by atoms with Gasteiger partial charge in [0.15, 0.2) is 0 Å². The average Bonchev–Trinajstić information content (AvgIpc) is 3.49. The standard InChI is InChI=1S/C41H72N4O5/c1-25(2)29(10-9-20-40(6,7)50-38(47)28(5)45-37(46)27(4)43)12-11-26(3)32-15-16-34-33(32)17-18-36-35(34)14-13-30-24-31(19-21-41(30,36)8)49-39(48)44-23-22-42/h13,25-29,31-36H,9-12,14-24,42-43H2,1-8H3,(H,44,48)(H,45,46)/t26-,27+,28+,29?,31+,32-,33?,34-,35+,36+,41+/m1/s1. The number of allylic oxidation sites excluding steroid dienone is 1. The predicted molar refractivity (Wildman–Crippen MR) is 200 cm³/mol. The number of amides is 2. The first-order chi connectivity index (χ1) is 23.6. The van der Waals surface area contributed by atoms with E-state index in [4.69, 9.17) is 20.9 Å². The number of rotatable bonds is 16. The molecule has 0 aliphatic heterocycles. The summed E-state index contributed by atoms with van der Waals surface area (Å²) in [6, 6.07) is -1.39. The molecular weight excluding hydrogens is 628 g/mol. The Bertz CT molecular complexity index is 1190. The highest BCUT2D eigenvalue weighted by molar-refractivity contribution is 5.87. The van der Waals surface area contributed by atoms with Crippen molar-refractivity contribution in [1.29, 1.82) is 0 Å². The van der Waals surface area contributed by atoms with Gasteiger partial charge in [0.1, 0.15) is 17.7 Å². The Kier molecular flexibility index (Phi) is 14.3. The van der Waals surface area contributed by atoms with Crippen LogP contribution in [-0.4, -0.2) is 54.8 Å². The second kappa shape index (κ2) is 17.6. The topological polar surface area (TPSA) is 146 Å². The molecule has 0 saturated heterocycles. The molecule has 286 valence electrons. The zero-order chi connectivity index (χ0) is 36.8. The summed E-state index contributed by atoms with van der Waals surface area (Å²) in [5, 5.41) is 5.40. The molecule has 4 aliphatic carbocycles. The number of alkyl carbamates (subject to hydrolysis) is 1. The maximum Gasteiger partial charge on any atom is 0.407 e. The molecule has 0 bridgehead atoms. The van der Waals surface area contributed by atoms with Crippen molar-refractivity contribution < 1.29 is 23.9 Å². The van der Waals surface area contributed by atoms with E-state index in [0.29, 0.717) is 24.9 Å². The Hall–Kier alpha value is -2.13. The summed E-state index contributed by atoms with van der Waals surface area (Å²) in [5.41, 5.74) is 12.4. The van der Waals surface area contributed by atoms with Gasteiger partial charge in [0.2, 0.25) is 5.91 Å². The van der Waals surface area contributed by atoms with Crippen molar-refractivity contribution in [3.8, 4) is 0 Å². The van der Waals surface area contributed by atoms with Crippen molar-refractivity contribution >= 4 is 18.0 Å². The first-order valence-electron chi connectivity index (χ1n) is 20.2. The van der Waals surface area contributed by atoms with E-state index < -0.39 is 23.7 Å². The molecule has 2 amide bonds. The summed E-state index contributed by atoms with van der Waals surface area (Å²) in [7, 11) is 0. The lowest BCUT2D eigenvalue weighted by atomic mass is 9.50. The zero-order valence-corrected chi connectivity index (χ0v) is 32.7. The fourth-order valence-corrected chi connectivity index (χ4v) is 10.6. The molecule has 0 spiro atoms. The smallest absolute Gasteiger partial charge is 0.407 e. The minimum Gasteiger partial charge on any atom is -0.458 e. The molecule has 0 heterocycles. The van der Waals surface area contributed by atoms with Crippen LogP contribution in [0.15, 0.2) is 11.6 Å². The third kappa shape index (κ3) is 10.0. The molecule has 4 aliphatic rings. The molecular formula is C41H72N4O5. The van der Waals surface area contributed by atoms with Gasteiger partial charge < -0.3 is 31.6 Å². The van der Waals surface area contributed by atoms with Crippen molar-refractivity contribution in [3.63, 3.8) is 0 Å². The van der Waals surface area contributed by atoms with E-state index in [1.54, 1.807) is 19.4 Å². The second-order valence-corrected chi connectivity index (χ2v) is 17.9. The molecule has 0 aromatic heterocycles. The number of hydrogen-bond acceptors (Lipinski definition) is 7. The van der Waals surface area contributed by atoms with Crippen molar-refractivity contribution in [3.05, 3.63) is 11.6 Å². The van der Waals surface area contributed by atoms with Crippen molar-refractivity contribution in [2.24, 2.45) is 64.2 Å². The Labute approximate surface area is 303 Å². The maximum absolute atomic E-state index is 12.7.